The molecule has 0 fully saturated rings. The second-order valence-electron chi connectivity index (χ2n) is 12.8. The molecule has 28 heavy (non-hydrogen) atoms. The van der Waals surface area contributed by atoms with E-state index in [1.165, 1.54) is 63.5 Å². The summed E-state index contributed by atoms with van der Waals surface area (Å²) in [7, 11) is -5.34. The molecule has 2 unspecified atom stereocenters. The Hall–Kier alpha value is 0.828. The molecule has 0 spiro atoms. The molecular formula is C23H56OSi4. The van der Waals surface area contributed by atoms with Crippen LogP contribution in [0, 0.1) is 0 Å². The van der Waals surface area contributed by atoms with Gasteiger partial charge < -0.3 is 4.12 Å². The lowest BCUT2D eigenvalue weighted by Gasteiger charge is -2.44. The Morgan fingerprint density at radius 2 is 1.11 bits per heavy atom. The molecule has 0 aliphatic rings. The normalized spacial score (nSPS) is 16.8. The summed E-state index contributed by atoms with van der Waals surface area (Å²) >= 11 is 0. The second-order valence-corrected chi connectivity index (χ2v) is 33.7. The standard InChI is InChI=1S/C23H56OSi4/c1-12-13-14-15-16-17-18-19-20-23(2)28(11,24-26(6,7)8)22-27(9,10)21-25(3,4)5/h23H,12-22H2,1-11H3. The van der Waals surface area contributed by atoms with E-state index in [2.05, 4.69) is 72.8 Å². The summed E-state index contributed by atoms with van der Waals surface area (Å²) in [6.45, 7) is 27.7. The first-order chi connectivity index (χ1) is 12.6. The summed E-state index contributed by atoms with van der Waals surface area (Å²) < 4.78 is 7.09. The van der Waals surface area contributed by atoms with Gasteiger partial charge in [0.1, 0.15) is 0 Å². The van der Waals surface area contributed by atoms with Gasteiger partial charge in [0.05, 0.1) is 0 Å². The van der Waals surface area contributed by atoms with E-state index >= 15 is 0 Å². The summed E-state index contributed by atoms with van der Waals surface area (Å²) in [4.78, 5) is 0. The van der Waals surface area contributed by atoms with Crippen molar-refractivity contribution in [2.75, 3.05) is 0 Å². The molecule has 0 amide bonds. The molecule has 0 aromatic heterocycles. The van der Waals surface area contributed by atoms with E-state index in [4.69, 9.17) is 4.12 Å². The zero-order valence-corrected chi connectivity index (χ0v) is 25.8. The van der Waals surface area contributed by atoms with Crippen molar-refractivity contribution >= 4 is 32.8 Å². The fourth-order valence-corrected chi connectivity index (χ4v) is 35.6. The Kier molecular flexibility index (Phi) is 13.0. The van der Waals surface area contributed by atoms with Gasteiger partial charge in [-0.1, -0.05) is 110 Å². The van der Waals surface area contributed by atoms with Crippen molar-refractivity contribution in [2.45, 2.75) is 147 Å². The quantitative estimate of drug-likeness (QED) is 0.164. The van der Waals surface area contributed by atoms with Crippen LogP contribution < -0.4 is 0 Å². The predicted octanol–water partition coefficient (Wildman–Crippen LogP) is 9.46. The van der Waals surface area contributed by atoms with E-state index in [1.54, 1.807) is 5.67 Å². The van der Waals surface area contributed by atoms with Gasteiger partial charge in [-0.3, -0.25) is 0 Å². The highest BCUT2D eigenvalue weighted by Crippen LogP contribution is 2.39. The molecule has 0 N–H and O–H groups in total. The highest BCUT2D eigenvalue weighted by molar-refractivity contribution is 7.02. The Morgan fingerprint density at radius 1 is 0.643 bits per heavy atom. The summed E-state index contributed by atoms with van der Waals surface area (Å²) in [5.41, 5.74) is 3.85. The van der Waals surface area contributed by atoms with Crippen LogP contribution in [0.15, 0.2) is 0 Å². The first-order valence-electron chi connectivity index (χ1n) is 12.3. The van der Waals surface area contributed by atoms with Crippen molar-refractivity contribution in [3.8, 4) is 0 Å². The smallest absolute Gasteiger partial charge is 0.176 e. The molecule has 0 saturated carbocycles. The van der Waals surface area contributed by atoms with Crippen LogP contribution in [0.3, 0.4) is 0 Å². The van der Waals surface area contributed by atoms with E-state index < -0.39 is 32.8 Å². The second kappa shape index (κ2) is 12.6. The molecule has 1 nitrogen and oxygen atoms in total. The van der Waals surface area contributed by atoms with Crippen molar-refractivity contribution in [1.82, 2.24) is 0 Å². The fourth-order valence-electron chi connectivity index (χ4n) is 5.35. The van der Waals surface area contributed by atoms with E-state index in [-0.39, 0.29) is 0 Å². The van der Waals surface area contributed by atoms with Crippen LogP contribution in [0.1, 0.15) is 71.6 Å². The maximum Gasteiger partial charge on any atom is 0.176 e. The molecule has 0 saturated heterocycles. The molecule has 0 radical (unpaired) electrons. The van der Waals surface area contributed by atoms with Gasteiger partial charge in [-0.25, -0.2) is 0 Å². The highest BCUT2D eigenvalue weighted by Gasteiger charge is 2.44. The largest absolute Gasteiger partial charge is 0.456 e. The highest BCUT2D eigenvalue weighted by atomic mass is 28.5. The van der Waals surface area contributed by atoms with Gasteiger partial charge in [-0.15, -0.1) is 0 Å². The third kappa shape index (κ3) is 14.8. The maximum absolute atomic E-state index is 7.09. The molecule has 0 aliphatic carbocycles. The first-order valence-corrected chi connectivity index (χ1v) is 25.5. The minimum Gasteiger partial charge on any atom is -0.456 e. The van der Waals surface area contributed by atoms with Crippen molar-refractivity contribution in [2.24, 2.45) is 0 Å². The Labute approximate surface area is 184 Å². The van der Waals surface area contributed by atoms with Gasteiger partial charge in [0, 0.05) is 16.1 Å². The lowest BCUT2D eigenvalue weighted by molar-refractivity contribution is 0.500. The molecule has 0 aromatic carbocycles. The molecule has 0 aliphatic heterocycles. The molecule has 5 heteroatoms. The average molecular weight is 461 g/mol. The molecule has 170 valence electrons. The average Bonchev–Trinajstić information content (AvgIpc) is 2.44. The van der Waals surface area contributed by atoms with Crippen LogP contribution in [0.4, 0.5) is 0 Å². The van der Waals surface area contributed by atoms with Crippen LogP contribution >= 0.6 is 0 Å². The molecule has 0 rings (SSSR count). The van der Waals surface area contributed by atoms with Crippen molar-refractivity contribution in [1.29, 1.82) is 0 Å². The lowest BCUT2D eigenvalue weighted by atomic mass is 10.1. The molecular weight excluding hydrogens is 405 g/mol. The fraction of sp³-hybridized carbons (Fsp3) is 1.00. The number of rotatable bonds is 16. The zero-order valence-electron chi connectivity index (χ0n) is 21.8. The summed E-state index contributed by atoms with van der Waals surface area (Å²) in [5, 5.41) is 0. The minimum atomic E-state index is -1.66. The number of hydrogen-bond acceptors (Lipinski definition) is 1. The van der Waals surface area contributed by atoms with E-state index in [0.717, 1.165) is 5.54 Å². The van der Waals surface area contributed by atoms with Gasteiger partial charge >= 0.3 is 0 Å². The molecule has 0 aromatic rings. The van der Waals surface area contributed by atoms with E-state index in [0.29, 0.717) is 0 Å². The third-order valence-corrected chi connectivity index (χ3v) is 27.3. The summed E-state index contributed by atoms with van der Waals surface area (Å²) in [5.74, 6) is 0. The summed E-state index contributed by atoms with van der Waals surface area (Å²) in [6.07, 6.45) is 12.8. The lowest BCUT2D eigenvalue weighted by Crippen LogP contribution is -2.53. The monoisotopic (exact) mass is 460 g/mol. The Balaban J connectivity index is 4.76. The van der Waals surface area contributed by atoms with Crippen LogP contribution in [0.2, 0.25) is 75.8 Å². The van der Waals surface area contributed by atoms with E-state index in [1.807, 2.05) is 0 Å². The van der Waals surface area contributed by atoms with Gasteiger partial charge in [-0.2, -0.15) is 0 Å². The van der Waals surface area contributed by atoms with Crippen LogP contribution in [0.5, 0.6) is 0 Å². The summed E-state index contributed by atoms with van der Waals surface area (Å²) in [6, 6.07) is 0. The van der Waals surface area contributed by atoms with Gasteiger partial charge in [0.25, 0.3) is 0 Å². The molecule has 0 bridgehead atoms. The molecule has 2 atom stereocenters. The number of hydrogen-bond donors (Lipinski definition) is 0. The van der Waals surface area contributed by atoms with Crippen molar-refractivity contribution in [3.63, 3.8) is 0 Å². The van der Waals surface area contributed by atoms with Crippen molar-refractivity contribution in [3.05, 3.63) is 0 Å². The Morgan fingerprint density at radius 3 is 1.54 bits per heavy atom. The van der Waals surface area contributed by atoms with Crippen LogP contribution in [-0.4, -0.2) is 32.8 Å². The maximum atomic E-state index is 7.09. The third-order valence-electron chi connectivity index (χ3n) is 5.91. The van der Waals surface area contributed by atoms with E-state index in [9.17, 15) is 0 Å². The van der Waals surface area contributed by atoms with Crippen molar-refractivity contribution < 1.29 is 4.12 Å². The van der Waals surface area contributed by atoms with Crippen LogP contribution in [0.25, 0.3) is 0 Å². The predicted molar refractivity (Wildman–Crippen MR) is 143 cm³/mol. The molecule has 0 heterocycles. The minimum absolute atomic E-state index is 0.813. The SMILES string of the molecule is CCCCCCCCCCC(C)[Si](C)(C[Si](C)(C)C[Si](C)(C)C)O[Si](C)(C)C. The number of unbranched alkanes of at least 4 members (excludes halogenated alkanes) is 7. The topological polar surface area (TPSA) is 9.23 Å². The van der Waals surface area contributed by atoms with Crippen LogP contribution in [-0.2, 0) is 4.12 Å². The van der Waals surface area contributed by atoms with Gasteiger partial charge in [-0.05, 0) is 37.4 Å². The first kappa shape index (κ1) is 28.8. The van der Waals surface area contributed by atoms with Gasteiger partial charge in [0.15, 0.2) is 16.6 Å². The zero-order chi connectivity index (χ0) is 22.1. The van der Waals surface area contributed by atoms with Gasteiger partial charge in [0.2, 0.25) is 0 Å². The Bertz CT molecular complexity index is 412.